The first-order valence-electron chi connectivity index (χ1n) is 7.27. The van der Waals surface area contributed by atoms with Crippen molar-refractivity contribution in [2.45, 2.75) is 26.9 Å². The lowest BCUT2D eigenvalue weighted by Crippen LogP contribution is -2.30. The molecule has 24 heavy (non-hydrogen) atoms. The number of nitrogens with one attached hydrogen (secondary N) is 1. The number of hydrogen-bond acceptors (Lipinski definition) is 4. The van der Waals surface area contributed by atoms with Gasteiger partial charge in [0.1, 0.15) is 5.75 Å². The van der Waals surface area contributed by atoms with E-state index in [2.05, 4.69) is 5.32 Å². The summed E-state index contributed by atoms with van der Waals surface area (Å²) in [5, 5.41) is 14.2. The molecule has 0 fully saturated rings. The molecule has 0 aliphatic carbocycles. The van der Waals surface area contributed by atoms with Crippen LogP contribution in [0, 0.1) is 24.0 Å². The highest BCUT2D eigenvalue weighted by atomic mass is 35.5. The Hall–Kier alpha value is -2.60. The minimum Gasteiger partial charge on any atom is -0.481 e. The molecule has 0 aliphatic rings. The maximum absolute atomic E-state index is 12.3. The van der Waals surface area contributed by atoms with Gasteiger partial charge in [-0.25, -0.2) is 0 Å². The van der Waals surface area contributed by atoms with Gasteiger partial charge in [-0.15, -0.1) is 0 Å². The maximum Gasteiger partial charge on any atom is 0.274 e. The summed E-state index contributed by atoms with van der Waals surface area (Å²) in [6, 6.07) is 9.64. The largest absolute Gasteiger partial charge is 0.481 e. The van der Waals surface area contributed by atoms with Crippen molar-refractivity contribution in [1.29, 1.82) is 0 Å². The molecule has 0 saturated carbocycles. The second-order valence-corrected chi connectivity index (χ2v) is 5.80. The topological polar surface area (TPSA) is 81.5 Å². The van der Waals surface area contributed by atoms with Gasteiger partial charge in [0, 0.05) is 11.1 Å². The third-order valence-electron chi connectivity index (χ3n) is 3.57. The van der Waals surface area contributed by atoms with E-state index in [1.165, 1.54) is 12.1 Å². The molecule has 1 unspecified atom stereocenters. The predicted octanol–water partition coefficient (Wildman–Crippen LogP) is 4.27. The van der Waals surface area contributed by atoms with E-state index in [1.54, 1.807) is 38.1 Å². The normalized spacial score (nSPS) is 11.7. The summed E-state index contributed by atoms with van der Waals surface area (Å²) in [7, 11) is 0. The Kier molecular flexibility index (Phi) is 5.41. The number of rotatable bonds is 5. The Morgan fingerprint density at radius 3 is 2.62 bits per heavy atom. The number of ether oxygens (including phenoxy) is 1. The van der Waals surface area contributed by atoms with Crippen molar-refractivity contribution >= 4 is 28.9 Å². The molecule has 7 heteroatoms. The van der Waals surface area contributed by atoms with Crippen LogP contribution in [0.2, 0.25) is 5.02 Å². The summed E-state index contributed by atoms with van der Waals surface area (Å²) >= 11 is 5.89. The van der Waals surface area contributed by atoms with Gasteiger partial charge in [0.25, 0.3) is 11.6 Å². The highest BCUT2D eigenvalue weighted by Gasteiger charge is 2.19. The maximum atomic E-state index is 12.3. The van der Waals surface area contributed by atoms with Gasteiger partial charge in [0.15, 0.2) is 6.10 Å². The van der Waals surface area contributed by atoms with E-state index in [0.717, 1.165) is 5.56 Å². The van der Waals surface area contributed by atoms with E-state index in [4.69, 9.17) is 16.3 Å². The number of hydrogen-bond donors (Lipinski definition) is 1. The molecule has 2 aromatic rings. The van der Waals surface area contributed by atoms with Gasteiger partial charge < -0.3 is 10.1 Å². The van der Waals surface area contributed by atoms with Crippen LogP contribution in [0.5, 0.6) is 5.75 Å². The minimum atomic E-state index is -0.775. The van der Waals surface area contributed by atoms with Crippen molar-refractivity contribution in [1.82, 2.24) is 0 Å². The number of benzene rings is 2. The molecule has 0 aromatic heterocycles. The quantitative estimate of drug-likeness (QED) is 0.646. The Morgan fingerprint density at radius 1 is 1.29 bits per heavy atom. The molecule has 126 valence electrons. The third-order valence-corrected chi connectivity index (χ3v) is 3.80. The van der Waals surface area contributed by atoms with Crippen LogP contribution in [0.15, 0.2) is 36.4 Å². The smallest absolute Gasteiger partial charge is 0.274 e. The number of nitro benzene ring substituents is 1. The molecule has 0 saturated heterocycles. The number of carbonyl (C=O) groups excluding carboxylic acids is 1. The molecule has 2 rings (SSSR count). The van der Waals surface area contributed by atoms with Gasteiger partial charge in [-0.3, -0.25) is 14.9 Å². The first-order chi connectivity index (χ1) is 11.3. The third kappa shape index (κ3) is 4.02. The monoisotopic (exact) mass is 348 g/mol. The zero-order chi connectivity index (χ0) is 17.9. The van der Waals surface area contributed by atoms with E-state index in [0.29, 0.717) is 22.0 Å². The Bertz CT molecular complexity index is 792. The molecular formula is C17H17ClN2O4. The van der Waals surface area contributed by atoms with Gasteiger partial charge in [0.05, 0.1) is 16.2 Å². The Labute approximate surface area is 144 Å². The first-order valence-corrected chi connectivity index (χ1v) is 7.65. The summed E-state index contributed by atoms with van der Waals surface area (Å²) < 4.78 is 5.65. The minimum absolute atomic E-state index is 0.0464. The van der Waals surface area contributed by atoms with Crippen molar-refractivity contribution in [3.63, 3.8) is 0 Å². The lowest BCUT2D eigenvalue weighted by molar-refractivity contribution is -0.385. The molecule has 1 atom stereocenters. The van der Waals surface area contributed by atoms with Gasteiger partial charge >= 0.3 is 0 Å². The number of nitrogens with zero attached hydrogens (tertiary/aromatic N) is 1. The van der Waals surface area contributed by atoms with E-state index >= 15 is 0 Å². The van der Waals surface area contributed by atoms with E-state index in [1.807, 2.05) is 6.92 Å². The molecule has 6 nitrogen and oxygen atoms in total. The van der Waals surface area contributed by atoms with Crippen molar-refractivity contribution in [2.75, 3.05) is 5.32 Å². The number of aryl methyl sites for hydroxylation is 1. The molecule has 0 radical (unpaired) electrons. The van der Waals surface area contributed by atoms with Crippen molar-refractivity contribution in [3.05, 3.63) is 62.7 Å². The average molecular weight is 349 g/mol. The van der Waals surface area contributed by atoms with E-state index in [9.17, 15) is 14.9 Å². The summed E-state index contributed by atoms with van der Waals surface area (Å²) in [6.45, 7) is 5.02. The molecule has 0 aliphatic heterocycles. The number of carbonyl (C=O) groups is 1. The predicted molar refractivity (Wildman–Crippen MR) is 92.7 cm³/mol. The fraction of sp³-hybridized carbons (Fsp3) is 0.235. The Morgan fingerprint density at radius 2 is 2.00 bits per heavy atom. The van der Waals surface area contributed by atoms with Crippen LogP contribution in [0.4, 0.5) is 11.4 Å². The van der Waals surface area contributed by atoms with Crippen LogP contribution >= 0.6 is 11.6 Å². The second kappa shape index (κ2) is 7.31. The van der Waals surface area contributed by atoms with Crippen molar-refractivity contribution < 1.29 is 14.5 Å². The number of nitro groups is 1. The van der Waals surface area contributed by atoms with Crippen LogP contribution in [-0.2, 0) is 4.79 Å². The van der Waals surface area contributed by atoms with Crippen LogP contribution in [0.25, 0.3) is 0 Å². The summed E-state index contributed by atoms with van der Waals surface area (Å²) in [6.07, 6.45) is -0.775. The van der Waals surface area contributed by atoms with E-state index in [-0.39, 0.29) is 5.69 Å². The first kappa shape index (κ1) is 17.7. The lowest BCUT2D eigenvalue weighted by Gasteiger charge is -2.17. The zero-order valence-corrected chi connectivity index (χ0v) is 14.3. The van der Waals surface area contributed by atoms with Crippen LogP contribution in [0.1, 0.15) is 18.1 Å². The number of halogens is 1. The number of anilines is 1. The highest BCUT2D eigenvalue weighted by molar-refractivity contribution is 6.30. The Balaban J connectivity index is 2.12. The molecular weight excluding hydrogens is 332 g/mol. The second-order valence-electron chi connectivity index (χ2n) is 5.37. The average Bonchev–Trinajstić information content (AvgIpc) is 2.51. The summed E-state index contributed by atoms with van der Waals surface area (Å²) in [5.74, 6) is 0.158. The summed E-state index contributed by atoms with van der Waals surface area (Å²) in [5.41, 5.74) is 1.55. The molecule has 0 heterocycles. The van der Waals surface area contributed by atoms with Crippen LogP contribution in [0.3, 0.4) is 0 Å². The molecule has 0 spiro atoms. The van der Waals surface area contributed by atoms with Gasteiger partial charge in [0.2, 0.25) is 0 Å². The van der Waals surface area contributed by atoms with Crippen LogP contribution in [-0.4, -0.2) is 16.9 Å². The molecule has 0 bridgehead atoms. The fourth-order valence-electron chi connectivity index (χ4n) is 2.18. The summed E-state index contributed by atoms with van der Waals surface area (Å²) in [4.78, 5) is 22.8. The fourth-order valence-corrected chi connectivity index (χ4v) is 2.41. The zero-order valence-electron chi connectivity index (χ0n) is 13.5. The van der Waals surface area contributed by atoms with Gasteiger partial charge in [-0.2, -0.15) is 0 Å². The van der Waals surface area contributed by atoms with Crippen LogP contribution < -0.4 is 10.1 Å². The van der Waals surface area contributed by atoms with Crippen molar-refractivity contribution in [3.8, 4) is 5.75 Å². The molecule has 1 N–H and O–H groups in total. The SMILES string of the molecule is Cc1cc(Cl)ccc1OC(C)C(=O)Nc1cccc([N+](=O)[O-])c1C. The standard InChI is InChI=1S/C17H17ClN2O4/c1-10-9-13(18)7-8-16(10)24-12(3)17(21)19-14-5-4-6-15(11(14)2)20(22)23/h4-9,12H,1-3H3,(H,19,21). The van der Waals surface area contributed by atoms with Gasteiger partial charge in [-0.1, -0.05) is 17.7 Å². The highest BCUT2D eigenvalue weighted by Crippen LogP contribution is 2.26. The van der Waals surface area contributed by atoms with Gasteiger partial charge in [-0.05, 0) is 50.6 Å². The molecule has 1 amide bonds. The lowest BCUT2D eigenvalue weighted by atomic mass is 10.1. The van der Waals surface area contributed by atoms with Crippen molar-refractivity contribution in [2.24, 2.45) is 0 Å². The molecule has 2 aromatic carbocycles. The number of amides is 1. The van der Waals surface area contributed by atoms with E-state index < -0.39 is 16.9 Å².